The van der Waals surface area contributed by atoms with Crippen LogP contribution in [0.3, 0.4) is 0 Å². The average Bonchev–Trinajstić information content (AvgIpc) is 2.92. The topological polar surface area (TPSA) is 58.7 Å². The van der Waals surface area contributed by atoms with Crippen LogP contribution in [-0.4, -0.2) is 10.1 Å². The fourth-order valence-electron chi connectivity index (χ4n) is 1.85. The molecule has 0 saturated carbocycles. The van der Waals surface area contributed by atoms with E-state index in [9.17, 15) is 10.1 Å². The third-order valence-electron chi connectivity index (χ3n) is 2.87. The molecular weight excluding hydrogens is 389 g/mol. The van der Waals surface area contributed by atoms with Gasteiger partial charge in [-0.1, -0.05) is 23.2 Å². The van der Waals surface area contributed by atoms with Crippen LogP contribution in [0.15, 0.2) is 64.0 Å². The molecule has 3 rings (SSSR count). The van der Waals surface area contributed by atoms with Crippen molar-refractivity contribution in [2.24, 2.45) is 4.99 Å². The zero-order valence-electron chi connectivity index (χ0n) is 11.9. The minimum absolute atomic E-state index is 0.472. The smallest absolute Gasteiger partial charge is 0.256 e. The van der Waals surface area contributed by atoms with Gasteiger partial charge >= 0.3 is 0 Å². The lowest BCUT2D eigenvalue weighted by Gasteiger charge is -2.15. The van der Waals surface area contributed by atoms with E-state index < -0.39 is 4.92 Å². The summed E-state index contributed by atoms with van der Waals surface area (Å²) in [4.78, 5) is 14.9. The van der Waals surface area contributed by atoms with Gasteiger partial charge in [-0.15, -0.1) is 0 Å². The van der Waals surface area contributed by atoms with Crippen molar-refractivity contribution in [3.63, 3.8) is 0 Å². The highest BCUT2D eigenvalue weighted by Crippen LogP contribution is 2.46. The molecule has 1 fully saturated rings. The Hall–Kier alpha value is -1.67. The van der Waals surface area contributed by atoms with Crippen molar-refractivity contribution in [1.29, 1.82) is 0 Å². The van der Waals surface area contributed by atoms with E-state index in [-0.39, 0.29) is 0 Å². The molecule has 0 unspecified atom stereocenters. The summed E-state index contributed by atoms with van der Waals surface area (Å²) in [5, 5.41) is 12.6. The van der Waals surface area contributed by atoms with Crippen LogP contribution >= 0.6 is 46.9 Å². The minimum Gasteiger partial charge on any atom is -0.259 e. The summed E-state index contributed by atoms with van der Waals surface area (Å²) in [7, 11) is 0. The molecule has 0 amide bonds. The Bertz CT molecular complexity index is 824. The molecular formula is C15H9Cl2N3O2S2. The van der Waals surface area contributed by atoms with E-state index in [0.29, 0.717) is 25.1 Å². The maximum atomic E-state index is 10.8. The fraction of sp³-hybridized carbons (Fsp3) is 0. The summed E-state index contributed by atoms with van der Waals surface area (Å²) in [5.41, 5.74) is 1.54. The van der Waals surface area contributed by atoms with Crippen LogP contribution in [0.4, 0.5) is 11.4 Å². The molecule has 24 heavy (non-hydrogen) atoms. The van der Waals surface area contributed by atoms with E-state index in [1.54, 1.807) is 36.4 Å². The van der Waals surface area contributed by atoms with Crippen molar-refractivity contribution in [1.82, 2.24) is 0 Å². The molecule has 5 nitrogen and oxygen atoms in total. The second kappa shape index (κ2) is 7.48. The highest BCUT2D eigenvalue weighted by molar-refractivity contribution is 8.35. The van der Waals surface area contributed by atoms with Crippen LogP contribution < -0.4 is 4.31 Å². The van der Waals surface area contributed by atoms with Crippen molar-refractivity contribution < 1.29 is 4.92 Å². The third-order valence-corrected chi connectivity index (χ3v) is 5.58. The lowest BCUT2D eigenvalue weighted by atomic mass is 10.3. The Balaban J connectivity index is 1.97. The largest absolute Gasteiger partial charge is 0.259 e. The van der Waals surface area contributed by atoms with Gasteiger partial charge in [-0.05, 0) is 60.3 Å². The first-order chi connectivity index (χ1) is 11.5. The molecule has 0 radical (unpaired) electrons. The van der Waals surface area contributed by atoms with E-state index in [0.717, 1.165) is 11.9 Å². The number of nitro groups is 1. The zero-order valence-corrected chi connectivity index (χ0v) is 15.1. The maximum Gasteiger partial charge on any atom is 0.256 e. The van der Waals surface area contributed by atoms with Gasteiger partial charge in [-0.25, -0.2) is 4.99 Å². The van der Waals surface area contributed by atoms with Gasteiger partial charge in [0, 0.05) is 22.0 Å². The van der Waals surface area contributed by atoms with Crippen LogP contribution in [0.25, 0.3) is 0 Å². The molecule has 1 saturated heterocycles. The lowest BCUT2D eigenvalue weighted by Crippen LogP contribution is -2.14. The number of nitrogens with zero attached hydrogens (tertiary/aromatic N) is 3. The van der Waals surface area contributed by atoms with Gasteiger partial charge in [0.1, 0.15) is 4.24 Å². The first-order valence-electron chi connectivity index (χ1n) is 6.62. The summed E-state index contributed by atoms with van der Waals surface area (Å²) in [6, 6.07) is 14.3. The van der Waals surface area contributed by atoms with Gasteiger partial charge in [0.05, 0.1) is 16.3 Å². The Kier molecular flexibility index (Phi) is 5.35. The SMILES string of the molecule is O=[N+]([O-])/C=C1/SC(=Nc2ccc(Cl)cc2)N(c2ccc(Cl)cc2)S1. The quantitative estimate of drug-likeness (QED) is 0.363. The highest BCUT2D eigenvalue weighted by Gasteiger charge is 2.29. The number of halogens is 2. The number of amidine groups is 1. The predicted octanol–water partition coefficient (Wildman–Crippen LogP) is 5.96. The van der Waals surface area contributed by atoms with Crippen LogP contribution in [-0.2, 0) is 0 Å². The number of aliphatic imine (C=N–C) groups is 1. The highest BCUT2D eigenvalue weighted by atomic mass is 35.5. The van der Waals surface area contributed by atoms with Gasteiger partial charge in [0.2, 0.25) is 0 Å². The van der Waals surface area contributed by atoms with E-state index in [4.69, 9.17) is 23.2 Å². The Morgan fingerprint density at radius 2 is 1.62 bits per heavy atom. The summed E-state index contributed by atoms with van der Waals surface area (Å²) < 4.78 is 2.35. The Labute approximate surface area is 156 Å². The summed E-state index contributed by atoms with van der Waals surface area (Å²) in [6.45, 7) is 0. The molecule has 2 aromatic carbocycles. The zero-order chi connectivity index (χ0) is 17.1. The Morgan fingerprint density at radius 3 is 2.21 bits per heavy atom. The average molecular weight is 398 g/mol. The summed E-state index contributed by atoms with van der Waals surface area (Å²) in [6.07, 6.45) is 0.975. The fourth-order valence-corrected chi connectivity index (χ4v) is 4.24. The van der Waals surface area contributed by atoms with Gasteiger partial charge in [0.15, 0.2) is 5.17 Å². The van der Waals surface area contributed by atoms with Crippen molar-refractivity contribution in [3.05, 3.63) is 79.1 Å². The van der Waals surface area contributed by atoms with Gasteiger partial charge in [0.25, 0.3) is 6.20 Å². The van der Waals surface area contributed by atoms with Crippen LogP contribution in [0.1, 0.15) is 0 Å². The van der Waals surface area contributed by atoms with Crippen molar-refractivity contribution in [2.45, 2.75) is 0 Å². The lowest BCUT2D eigenvalue weighted by molar-refractivity contribution is -0.402. The molecule has 0 N–H and O–H groups in total. The number of hydrogen-bond donors (Lipinski definition) is 0. The number of anilines is 1. The third kappa shape index (κ3) is 4.24. The number of thioether (sulfide) groups is 1. The van der Waals surface area contributed by atoms with E-state index in [1.165, 1.54) is 23.7 Å². The molecule has 9 heteroatoms. The van der Waals surface area contributed by atoms with E-state index in [2.05, 4.69) is 4.99 Å². The van der Waals surface area contributed by atoms with Crippen LogP contribution in [0.5, 0.6) is 0 Å². The minimum atomic E-state index is -0.472. The first kappa shape index (κ1) is 17.2. The first-order valence-corrected chi connectivity index (χ1v) is 8.97. The standard InChI is InChI=1S/C15H9Cl2N3O2S2/c16-10-1-5-12(6-2-10)18-15-20(13-7-3-11(17)4-8-13)24-14(23-15)9-19(21)22/h1-9H/b14-9-,18-15?. The molecule has 1 aliphatic heterocycles. The number of rotatable bonds is 3. The molecule has 1 heterocycles. The van der Waals surface area contributed by atoms with E-state index >= 15 is 0 Å². The van der Waals surface area contributed by atoms with Gasteiger partial charge < -0.3 is 0 Å². The second-order valence-corrected chi connectivity index (χ2v) is 7.70. The van der Waals surface area contributed by atoms with E-state index in [1.807, 2.05) is 16.4 Å². The van der Waals surface area contributed by atoms with Gasteiger partial charge in [-0.2, -0.15) is 0 Å². The molecule has 1 aliphatic rings. The maximum absolute atomic E-state index is 10.8. The molecule has 0 atom stereocenters. The molecule has 122 valence electrons. The molecule has 0 bridgehead atoms. The van der Waals surface area contributed by atoms with Crippen LogP contribution in [0.2, 0.25) is 10.0 Å². The molecule has 0 aromatic heterocycles. The van der Waals surface area contributed by atoms with Crippen LogP contribution in [0, 0.1) is 10.1 Å². The summed E-state index contributed by atoms with van der Waals surface area (Å²) in [5.74, 6) is 0. The summed E-state index contributed by atoms with van der Waals surface area (Å²) >= 11 is 14.3. The number of benzene rings is 2. The monoisotopic (exact) mass is 397 g/mol. The van der Waals surface area contributed by atoms with Crippen molar-refractivity contribution >= 4 is 63.5 Å². The predicted molar refractivity (Wildman–Crippen MR) is 103 cm³/mol. The van der Waals surface area contributed by atoms with Crippen molar-refractivity contribution in [3.8, 4) is 0 Å². The normalized spacial score (nSPS) is 17.7. The Morgan fingerprint density at radius 1 is 1.04 bits per heavy atom. The van der Waals surface area contributed by atoms with Gasteiger partial charge in [-0.3, -0.25) is 14.4 Å². The molecule has 0 spiro atoms. The second-order valence-electron chi connectivity index (χ2n) is 4.57. The number of hydrogen-bond acceptors (Lipinski definition) is 5. The van der Waals surface area contributed by atoms with Crippen molar-refractivity contribution in [2.75, 3.05) is 4.31 Å². The molecule has 2 aromatic rings. The molecule has 0 aliphatic carbocycles.